The average molecular weight is 389 g/mol. The Labute approximate surface area is 170 Å². The van der Waals surface area contributed by atoms with E-state index in [1.165, 1.54) is 0 Å². The molecule has 0 saturated carbocycles. The summed E-state index contributed by atoms with van der Waals surface area (Å²) in [4.78, 5) is 20.6. The first-order valence-corrected chi connectivity index (χ1v) is 9.49. The summed E-state index contributed by atoms with van der Waals surface area (Å²) < 4.78 is 0. The summed E-state index contributed by atoms with van der Waals surface area (Å²) in [5, 5.41) is 9.81. The molecule has 30 heavy (non-hydrogen) atoms. The van der Waals surface area contributed by atoms with Crippen LogP contribution in [0.1, 0.15) is 0 Å². The Bertz CT molecular complexity index is 1480. The minimum absolute atomic E-state index is 0.826. The smallest absolute Gasteiger partial charge is 0.116 e. The van der Waals surface area contributed by atoms with E-state index in [4.69, 9.17) is 0 Å². The molecular weight excluding hydrogens is 374 g/mol. The largest absolute Gasteiger partial charge is 0.352 e. The van der Waals surface area contributed by atoms with Gasteiger partial charge in [0.2, 0.25) is 0 Å². The SMILES string of the molecule is c1cc(-c2cncc3[nH]c(-c4n[nH]c5ccc(-c6cnccn6)cc45)cc23)ccn1. The number of fused-ring (bicyclic) bond motifs is 2. The fourth-order valence-corrected chi connectivity index (χ4v) is 3.77. The van der Waals surface area contributed by atoms with Crippen molar-refractivity contribution in [3.63, 3.8) is 0 Å². The highest BCUT2D eigenvalue weighted by Gasteiger charge is 2.14. The van der Waals surface area contributed by atoms with E-state index < -0.39 is 0 Å². The zero-order chi connectivity index (χ0) is 19.9. The van der Waals surface area contributed by atoms with Crippen LogP contribution in [-0.2, 0) is 0 Å². The number of hydrogen-bond acceptors (Lipinski definition) is 5. The van der Waals surface area contributed by atoms with Gasteiger partial charge in [0.25, 0.3) is 0 Å². The van der Waals surface area contributed by atoms with Crippen molar-refractivity contribution in [1.29, 1.82) is 0 Å². The van der Waals surface area contributed by atoms with Gasteiger partial charge in [-0.3, -0.25) is 25.0 Å². The van der Waals surface area contributed by atoms with Gasteiger partial charge in [0, 0.05) is 52.9 Å². The van der Waals surface area contributed by atoms with Gasteiger partial charge in [-0.15, -0.1) is 0 Å². The molecule has 5 heterocycles. The minimum atomic E-state index is 0.826. The lowest BCUT2D eigenvalue weighted by Crippen LogP contribution is -1.84. The molecule has 7 heteroatoms. The van der Waals surface area contributed by atoms with E-state index >= 15 is 0 Å². The average Bonchev–Trinajstić information content (AvgIpc) is 3.43. The number of aromatic amines is 2. The van der Waals surface area contributed by atoms with Crippen molar-refractivity contribution >= 4 is 21.8 Å². The molecule has 6 rings (SSSR count). The quantitative estimate of drug-likeness (QED) is 0.460. The minimum Gasteiger partial charge on any atom is -0.352 e. The van der Waals surface area contributed by atoms with Gasteiger partial charge in [0.1, 0.15) is 5.69 Å². The van der Waals surface area contributed by atoms with E-state index in [0.717, 1.165) is 55.6 Å². The lowest BCUT2D eigenvalue weighted by Gasteiger charge is -2.01. The number of benzene rings is 1. The van der Waals surface area contributed by atoms with Crippen molar-refractivity contribution in [3.05, 3.63) is 79.8 Å². The van der Waals surface area contributed by atoms with Gasteiger partial charge in [-0.25, -0.2) is 0 Å². The molecule has 0 radical (unpaired) electrons. The summed E-state index contributed by atoms with van der Waals surface area (Å²) in [6, 6.07) is 12.2. The van der Waals surface area contributed by atoms with E-state index in [0.29, 0.717) is 0 Å². The Kier molecular flexibility index (Phi) is 3.64. The molecule has 2 N–H and O–H groups in total. The molecule has 0 aliphatic carbocycles. The predicted octanol–water partition coefficient (Wildman–Crippen LogP) is 4.63. The first kappa shape index (κ1) is 16.6. The fraction of sp³-hybridized carbons (Fsp3) is 0. The molecule has 0 aliphatic rings. The monoisotopic (exact) mass is 389 g/mol. The van der Waals surface area contributed by atoms with Crippen LogP contribution in [0.2, 0.25) is 0 Å². The number of rotatable bonds is 3. The molecule has 0 spiro atoms. The molecule has 0 atom stereocenters. The number of H-pyrrole nitrogens is 2. The molecule has 142 valence electrons. The summed E-state index contributed by atoms with van der Waals surface area (Å²) in [5.41, 5.74) is 7.65. The zero-order valence-corrected chi connectivity index (χ0v) is 15.7. The number of hydrogen-bond donors (Lipinski definition) is 2. The number of nitrogens with one attached hydrogen (secondary N) is 2. The molecule has 1 aromatic carbocycles. The first-order valence-electron chi connectivity index (χ1n) is 9.49. The van der Waals surface area contributed by atoms with Crippen LogP contribution in [0.4, 0.5) is 0 Å². The van der Waals surface area contributed by atoms with Gasteiger partial charge in [0.05, 0.1) is 34.8 Å². The number of nitrogens with zero attached hydrogens (tertiary/aromatic N) is 5. The molecule has 5 aromatic heterocycles. The Morgan fingerprint density at radius 2 is 1.60 bits per heavy atom. The highest BCUT2D eigenvalue weighted by atomic mass is 15.1. The second-order valence-electron chi connectivity index (χ2n) is 6.99. The maximum atomic E-state index is 4.58. The molecular formula is C23H15N7. The molecule has 0 bridgehead atoms. The van der Waals surface area contributed by atoms with Crippen LogP contribution >= 0.6 is 0 Å². The summed E-state index contributed by atoms with van der Waals surface area (Å²) in [6.45, 7) is 0. The second kappa shape index (κ2) is 6.59. The number of aromatic nitrogens is 7. The maximum absolute atomic E-state index is 4.58. The Hall–Kier alpha value is -4.39. The predicted molar refractivity (Wildman–Crippen MR) is 115 cm³/mol. The van der Waals surface area contributed by atoms with E-state index in [-0.39, 0.29) is 0 Å². The summed E-state index contributed by atoms with van der Waals surface area (Å²) in [5.74, 6) is 0. The van der Waals surface area contributed by atoms with E-state index in [1.807, 2.05) is 36.7 Å². The molecule has 0 aliphatic heterocycles. The van der Waals surface area contributed by atoms with Crippen LogP contribution in [0.25, 0.3) is 55.6 Å². The van der Waals surface area contributed by atoms with Crippen LogP contribution in [-0.4, -0.2) is 35.1 Å². The standard InChI is InChI=1S/C23H15N7/c1-2-19-17(9-15(1)21-12-25-7-8-27-21)23(30-29-19)20-10-16-18(11-26-13-22(16)28-20)14-3-5-24-6-4-14/h1-13,28H,(H,29,30). The van der Waals surface area contributed by atoms with Crippen LogP contribution in [0.5, 0.6) is 0 Å². The Balaban J connectivity index is 1.52. The number of pyridine rings is 2. The zero-order valence-electron chi connectivity index (χ0n) is 15.7. The third kappa shape index (κ3) is 2.64. The van der Waals surface area contributed by atoms with Crippen LogP contribution < -0.4 is 0 Å². The summed E-state index contributed by atoms with van der Waals surface area (Å²) in [6.07, 6.45) is 12.4. The molecule has 0 amide bonds. The van der Waals surface area contributed by atoms with Crippen molar-refractivity contribution in [3.8, 4) is 33.8 Å². The first-order chi connectivity index (χ1) is 14.9. The normalized spacial score (nSPS) is 11.3. The molecule has 0 fully saturated rings. The van der Waals surface area contributed by atoms with Gasteiger partial charge in [-0.1, -0.05) is 6.07 Å². The Morgan fingerprint density at radius 3 is 2.47 bits per heavy atom. The molecule has 6 aromatic rings. The fourth-order valence-electron chi connectivity index (χ4n) is 3.77. The van der Waals surface area contributed by atoms with Gasteiger partial charge < -0.3 is 4.98 Å². The molecule has 0 saturated heterocycles. The van der Waals surface area contributed by atoms with Crippen LogP contribution in [0, 0.1) is 0 Å². The van der Waals surface area contributed by atoms with Gasteiger partial charge >= 0.3 is 0 Å². The lowest BCUT2D eigenvalue weighted by molar-refractivity contribution is 1.12. The van der Waals surface area contributed by atoms with Crippen molar-refractivity contribution in [2.45, 2.75) is 0 Å². The third-order valence-electron chi connectivity index (χ3n) is 5.21. The molecule has 0 unspecified atom stereocenters. The van der Waals surface area contributed by atoms with E-state index in [2.05, 4.69) is 47.2 Å². The van der Waals surface area contributed by atoms with E-state index in [1.54, 1.807) is 31.0 Å². The summed E-state index contributed by atoms with van der Waals surface area (Å²) >= 11 is 0. The van der Waals surface area contributed by atoms with Crippen molar-refractivity contribution in [2.75, 3.05) is 0 Å². The topological polar surface area (TPSA) is 96.0 Å². The van der Waals surface area contributed by atoms with E-state index in [9.17, 15) is 0 Å². The molecule has 7 nitrogen and oxygen atoms in total. The van der Waals surface area contributed by atoms with Crippen LogP contribution in [0.15, 0.2) is 79.8 Å². The highest BCUT2D eigenvalue weighted by molar-refractivity contribution is 6.01. The van der Waals surface area contributed by atoms with Crippen molar-refractivity contribution < 1.29 is 0 Å². The van der Waals surface area contributed by atoms with Crippen molar-refractivity contribution in [2.24, 2.45) is 0 Å². The van der Waals surface area contributed by atoms with Crippen molar-refractivity contribution in [1.82, 2.24) is 35.1 Å². The highest BCUT2D eigenvalue weighted by Crippen LogP contribution is 2.34. The maximum Gasteiger partial charge on any atom is 0.116 e. The second-order valence-corrected chi connectivity index (χ2v) is 6.99. The van der Waals surface area contributed by atoms with Gasteiger partial charge in [-0.05, 0) is 35.9 Å². The van der Waals surface area contributed by atoms with Crippen LogP contribution in [0.3, 0.4) is 0 Å². The Morgan fingerprint density at radius 1 is 0.667 bits per heavy atom. The third-order valence-corrected chi connectivity index (χ3v) is 5.21. The lowest BCUT2D eigenvalue weighted by atomic mass is 10.0. The van der Waals surface area contributed by atoms with Gasteiger partial charge in [0.15, 0.2) is 0 Å². The van der Waals surface area contributed by atoms with Gasteiger partial charge in [-0.2, -0.15) is 5.10 Å². The summed E-state index contributed by atoms with van der Waals surface area (Å²) in [7, 11) is 0.